The molecule has 6 heteroatoms. The van der Waals surface area contributed by atoms with Crippen molar-refractivity contribution in [3.63, 3.8) is 0 Å². The van der Waals surface area contributed by atoms with Gasteiger partial charge in [-0.2, -0.15) is 0 Å². The number of amides is 2. The van der Waals surface area contributed by atoms with Crippen LogP contribution in [-0.2, 0) is 4.79 Å². The molecule has 2 amide bonds. The minimum absolute atomic E-state index is 0.396. The highest BCUT2D eigenvalue weighted by molar-refractivity contribution is 7.98. The molecule has 1 rings (SSSR count). The summed E-state index contributed by atoms with van der Waals surface area (Å²) in [5.74, 6) is -1.08. The molecule has 0 heterocycles. The highest BCUT2D eigenvalue weighted by Gasteiger charge is 2.06. The summed E-state index contributed by atoms with van der Waals surface area (Å²) in [6, 6.07) is 6.77. The van der Waals surface area contributed by atoms with Gasteiger partial charge >= 0.3 is 12.0 Å². The number of benzene rings is 1. The van der Waals surface area contributed by atoms with Crippen LogP contribution in [0.4, 0.5) is 10.5 Å². The summed E-state index contributed by atoms with van der Waals surface area (Å²) in [6.07, 6.45) is 1.90. The molecule has 0 spiro atoms. The number of aliphatic carboxylic acids is 1. The first-order chi connectivity index (χ1) is 7.63. The molecular formula is C10H12N2O3S. The fourth-order valence-corrected chi connectivity index (χ4v) is 1.62. The molecule has 0 saturated carbocycles. The van der Waals surface area contributed by atoms with Crippen molar-refractivity contribution in [2.45, 2.75) is 4.90 Å². The predicted molar refractivity (Wildman–Crippen MR) is 62.9 cm³/mol. The lowest BCUT2D eigenvalue weighted by molar-refractivity contribution is -0.135. The number of urea groups is 1. The van der Waals surface area contributed by atoms with E-state index in [9.17, 15) is 9.59 Å². The van der Waals surface area contributed by atoms with E-state index in [1.807, 2.05) is 18.4 Å². The highest BCUT2D eigenvalue weighted by atomic mass is 32.2. The number of nitrogens with one attached hydrogen (secondary N) is 2. The molecule has 0 unspecified atom stereocenters. The van der Waals surface area contributed by atoms with Crippen LogP contribution in [0, 0.1) is 0 Å². The number of thioether (sulfide) groups is 1. The average Bonchev–Trinajstić information content (AvgIpc) is 2.27. The fourth-order valence-electron chi connectivity index (χ4n) is 1.07. The third kappa shape index (κ3) is 3.82. The van der Waals surface area contributed by atoms with Crippen LogP contribution in [0.1, 0.15) is 0 Å². The predicted octanol–water partition coefficient (Wildman–Crippen LogP) is 1.61. The van der Waals surface area contributed by atoms with Crippen molar-refractivity contribution in [2.24, 2.45) is 0 Å². The molecular weight excluding hydrogens is 228 g/mol. The van der Waals surface area contributed by atoms with Crippen molar-refractivity contribution < 1.29 is 14.7 Å². The van der Waals surface area contributed by atoms with E-state index < -0.39 is 18.5 Å². The van der Waals surface area contributed by atoms with E-state index in [0.717, 1.165) is 4.90 Å². The maximum Gasteiger partial charge on any atom is 0.323 e. The number of hydrogen-bond acceptors (Lipinski definition) is 3. The fraction of sp³-hybridized carbons (Fsp3) is 0.200. The molecule has 0 radical (unpaired) electrons. The Morgan fingerprint density at radius 1 is 1.38 bits per heavy atom. The van der Waals surface area contributed by atoms with Crippen LogP contribution in [0.25, 0.3) is 0 Å². The quantitative estimate of drug-likeness (QED) is 0.699. The van der Waals surface area contributed by atoms with Crippen LogP contribution >= 0.6 is 11.8 Å². The van der Waals surface area contributed by atoms with Crippen molar-refractivity contribution in [3.05, 3.63) is 24.3 Å². The van der Waals surface area contributed by atoms with E-state index in [-0.39, 0.29) is 0 Å². The van der Waals surface area contributed by atoms with Gasteiger partial charge in [0.2, 0.25) is 0 Å². The van der Waals surface area contributed by atoms with E-state index in [1.54, 1.807) is 12.1 Å². The molecule has 0 aliphatic rings. The molecule has 0 fully saturated rings. The second-order valence-electron chi connectivity index (χ2n) is 2.90. The zero-order chi connectivity index (χ0) is 12.0. The molecule has 5 nitrogen and oxygen atoms in total. The molecule has 0 aromatic heterocycles. The van der Waals surface area contributed by atoms with Crippen LogP contribution in [0.15, 0.2) is 29.2 Å². The number of hydrogen-bond donors (Lipinski definition) is 3. The summed E-state index contributed by atoms with van der Waals surface area (Å²) < 4.78 is 0. The summed E-state index contributed by atoms with van der Waals surface area (Å²) >= 11 is 1.50. The average molecular weight is 240 g/mol. The molecule has 0 bridgehead atoms. The zero-order valence-electron chi connectivity index (χ0n) is 8.69. The number of carbonyl (C=O) groups is 2. The molecule has 0 aliphatic carbocycles. The number of anilines is 1. The number of para-hydroxylation sites is 1. The topological polar surface area (TPSA) is 78.4 Å². The van der Waals surface area contributed by atoms with Gasteiger partial charge in [0, 0.05) is 4.90 Å². The first-order valence-corrected chi connectivity index (χ1v) is 5.75. The van der Waals surface area contributed by atoms with Crippen LogP contribution in [-0.4, -0.2) is 29.9 Å². The number of carboxylic acids is 1. The standard InChI is InChI=1S/C10H12N2O3S/c1-16-8-5-3-2-4-7(8)12-10(15)11-6-9(13)14/h2-5H,6H2,1H3,(H,13,14)(H2,11,12,15). The Hall–Kier alpha value is -1.69. The van der Waals surface area contributed by atoms with Gasteiger partial charge in [0.25, 0.3) is 0 Å². The van der Waals surface area contributed by atoms with Gasteiger partial charge in [-0.15, -0.1) is 11.8 Å². The molecule has 16 heavy (non-hydrogen) atoms. The minimum Gasteiger partial charge on any atom is -0.480 e. The summed E-state index contributed by atoms with van der Waals surface area (Å²) in [5, 5.41) is 13.2. The smallest absolute Gasteiger partial charge is 0.323 e. The van der Waals surface area contributed by atoms with Crippen LogP contribution in [0.5, 0.6) is 0 Å². The van der Waals surface area contributed by atoms with Gasteiger partial charge in [-0.1, -0.05) is 12.1 Å². The maximum absolute atomic E-state index is 11.3. The van der Waals surface area contributed by atoms with Gasteiger partial charge in [0.1, 0.15) is 6.54 Å². The first kappa shape index (κ1) is 12.4. The lowest BCUT2D eigenvalue weighted by Crippen LogP contribution is -2.33. The second-order valence-corrected chi connectivity index (χ2v) is 3.75. The molecule has 0 saturated heterocycles. The Balaban J connectivity index is 2.58. The van der Waals surface area contributed by atoms with Crippen molar-refractivity contribution in [1.29, 1.82) is 0 Å². The molecule has 1 aromatic carbocycles. The van der Waals surface area contributed by atoms with Gasteiger partial charge in [-0.05, 0) is 18.4 Å². The van der Waals surface area contributed by atoms with Gasteiger partial charge in [0.15, 0.2) is 0 Å². The zero-order valence-corrected chi connectivity index (χ0v) is 9.50. The third-order valence-corrected chi connectivity index (χ3v) is 2.55. The number of rotatable bonds is 4. The van der Waals surface area contributed by atoms with E-state index in [2.05, 4.69) is 10.6 Å². The Bertz CT molecular complexity index is 395. The van der Waals surface area contributed by atoms with Crippen LogP contribution < -0.4 is 10.6 Å². The largest absolute Gasteiger partial charge is 0.480 e. The number of carbonyl (C=O) groups excluding carboxylic acids is 1. The van der Waals surface area contributed by atoms with E-state index in [4.69, 9.17) is 5.11 Å². The first-order valence-electron chi connectivity index (χ1n) is 4.53. The Kier molecular flexibility index (Phi) is 4.65. The molecule has 86 valence electrons. The monoisotopic (exact) mass is 240 g/mol. The van der Waals surface area contributed by atoms with Gasteiger partial charge < -0.3 is 15.7 Å². The summed E-state index contributed by atoms with van der Waals surface area (Å²) in [4.78, 5) is 22.4. The van der Waals surface area contributed by atoms with Gasteiger partial charge in [0.05, 0.1) is 5.69 Å². The molecule has 3 N–H and O–H groups in total. The lowest BCUT2D eigenvalue weighted by Gasteiger charge is -2.09. The highest BCUT2D eigenvalue weighted by Crippen LogP contribution is 2.24. The second kappa shape index (κ2) is 6.02. The van der Waals surface area contributed by atoms with E-state index >= 15 is 0 Å². The summed E-state index contributed by atoms with van der Waals surface area (Å²) in [5.41, 5.74) is 0.665. The summed E-state index contributed by atoms with van der Waals surface area (Å²) in [6.45, 7) is -0.396. The summed E-state index contributed by atoms with van der Waals surface area (Å²) in [7, 11) is 0. The van der Waals surface area contributed by atoms with Crippen molar-refractivity contribution in [1.82, 2.24) is 5.32 Å². The van der Waals surface area contributed by atoms with Crippen LogP contribution in [0.3, 0.4) is 0 Å². The molecule has 0 atom stereocenters. The van der Waals surface area contributed by atoms with Gasteiger partial charge in [-0.25, -0.2) is 4.79 Å². The van der Waals surface area contributed by atoms with Crippen molar-refractivity contribution in [2.75, 3.05) is 18.1 Å². The Morgan fingerprint density at radius 3 is 2.69 bits per heavy atom. The van der Waals surface area contributed by atoms with Crippen molar-refractivity contribution in [3.8, 4) is 0 Å². The molecule has 0 aliphatic heterocycles. The lowest BCUT2D eigenvalue weighted by atomic mass is 10.3. The minimum atomic E-state index is -1.08. The van der Waals surface area contributed by atoms with E-state index in [0.29, 0.717) is 5.69 Å². The number of carboxylic acid groups (broad SMARTS) is 1. The Labute approximate surface area is 97.2 Å². The Morgan fingerprint density at radius 2 is 2.06 bits per heavy atom. The maximum atomic E-state index is 11.3. The SMILES string of the molecule is CSc1ccccc1NC(=O)NCC(=O)O. The van der Waals surface area contributed by atoms with E-state index in [1.165, 1.54) is 11.8 Å². The van der Waals surface area contributed by atoms with Gasteiger partial charge in [-0.3, -0.25) is 4.79 Å². The third-order valence-electron chi connectivity index (χ3n) is 1.76. The molecule has 1 aromatic rings. The normalized spacial score (nSPS) is 9.56. The van der Waals surface area contributed by atoms with Crippen LogP contribution in [0.2, 0.25) is 0 Å². The van der Waals surface area contributed by atoms with Crippen molar-refractivity contribution >= 4 is 29.4 Å².